The SMILES string of the molecule is CC(C)(C)CCC(c1ccc(C=O)cc1)N1CC(CCCc2ccccc2)=NC12CCC(C(C)(C)C)CC2. The second-order valence-corrected chi connectivity index (χ2v) is 14.2. The van der Waals surface area contributed by atoms with E-state index >= 15 is 0 Å². The smallest absolute Gasteiger partial charge is 0.150 e. The number of hydrogen-bond acceptors (Lipinski definition) is 3. The predicted octanol–water partition coefficient (Wildman–Crippen LogP) is 9.08. The van der Waals surface area contributed by atoms with Gasteiger partial charge in [0.25, 0.3) is 0 Å². The van der Waals surface area contributed by atoms with Crippen LogP contribution in [0.25, 0.3) is 0 Å². The summed E-state index contributed by atoms with van der Waals surface area (Å²) in [6.45, 7) is 15.2. The van der Waals surface area contributed by atoms with Crippen molar-refractivity contribution in [2.24, 2.45) is 21.7 Å². The van der Waals surface area contributed by atoms with Crippen molar-refractivity contribution in [2.45, 2.75) is 111 Å². The Balaban J connectivity index is 1.60. The first kappa shape index (κ1) is 28.7. The number of carbonyl (C=O) groups excluding carboxylic acids is 1. The highest BCUT2D eigenvalue weighted by Crippen LogP contribution is 2.49. The molecule has 2 aromatic carbocycles. The van der Waals surface area contributed by atoms with Gasteiger partial charge in [-0.3, -0.25) is 14.7 Å². The first-order chi connectivity index (χ1) is 18.0. The lowest BCUT2D eigenvalue weighted by molar-refractivity contribution is 0.00899. The number of rotatable bonds is 9. The van der Waals surface area contributed by atoms with Gasteiger partial charge in [0, 0.05) is 23.9 Å². The molecule has 3 heteroatoms. The zero-order valence-electron chi connectivity index (χ0n) is 24.8. The molecule has 1 heterocycles. The van der Waals surface area contributed by atoms with Crippen LogP contribution < -0.4 is 0 Å². The highest BCUT2D eigenvalue weighted by molar-refractivity contribution is 5.88. The maximum Gasteiger partial charge on any atom is 0.150 e. The molecule has 206 valence electrons. The van der Waals surface area contributed by atoms with Crippen LogP contribution in [0.4, 0.5) is 0 Å². The Morgan fingerprint density at radius 1 is 0.947 bits per heavy atom. The van der Waals surface area contributed by atoms with Gasteiger partial charge in [-0.1, -0.05) is 96.1 Å². The average Bonchev–Trinajstić information content (AvgIpc) is 3.21. The fourth-order valence-corrected chi connectivity index (χ4v) is 6.63. The van der Waals surface area contributed by atoms with Crippen molar-refractivity contribution < 1.29 is 4.79 Å². The molecule has 0 bridgehead atoms. The molecule has 1 unspecified atom stereocenters. The van der Waals surface area contributed by atoms with Crippen molar-refractivity contribution in [2.75, 3.05) is 6.54 Å². The zero-order chi connectivity index (χ0) is 27.4. The summed E-state index contributed by atoms with van der Waals surface area (Å²) >= 11 is 0. The minimum Gasteiger partial charge on any atom is -0.298 e. The largest absolute Gasteiger partial charge is 0.298 e. The lowest BCUT2D eigenvalue weighted by Crippen LogP contribution is -2.49. The summed E-state index contributed by atoms with van der Waals surface area (Å²) in [7, 11) is 0. The van der Waals surface area contributed by atoms with E-state index in [9.17, 15) is 4.79 Å². The summed E-state index contributed by atoms with van der Waals surface area (Å²) in [5.74, 6) is 0.757. The highest BCUT2D eigenvalue weighted by Gasteiger charge is 2.48. The summed E-state index contributed by atoms with van der Waals surface area (Å²) in [5, 5.41) is 0. The van der Waals surface area contributed by atoms with Crippen LogP contribution in [0.2, 0.25) is 0 Å². The summed E-state index contributed by atoms with van der Waals surface area (Å²) in [6.07, 6.45) is 11.4. The van der Waals surface area contributed by atoms with Gasteiger partial charge < -0.3 is 0 Å². The standard InChI is InChI=1S/C35H50N2O/c1-33(2,3)22-21-32(29-17-15-28(26-38)16-18-29)37-25-31(14-10-13-27-11-8-7-9-12-27)36-35(37)23-19-30(20-24-35)34(4,5)6/h7-9,11-12,15-18,26,30,32H,10,13-14,19-25H2,1-6H3. The first-order valence-corrected chi connectivity index (χ1v) is 14.9. The molecular formula is C35H50N2O. The maximum absolute atomic E-state index is 11.4. The zero-order valence-corrected chi connectivity index (χ0v) is 24.8. The van der Waals surface area contributed by atoms with Crippen molar-refractivity contribution in [1.29, 1.82) is 0 Å². The molecule has 4 rings (SSSR count). The van der Waals surface area contributed by atoms with Gasteiger partial charge in [0.2, 0.25) is 0 Å². The normalized spacial score (nSPS) is 23.4. The van der Waals surface area contributed by atoms with Crippen LogP contribution in [-0.2, 0) is 6.42 Å². The summed E-state index contributed by atoms with van der Waals surface area (Å²) in [4.78, 5) is 19.8. The molecule has 3 nitrogen and oxygen atoms in total. The number of benzene rings is 2. The Hall–Kier alpha value is -2.26. The fourth-order valence-electron chi connectivity index (χ4n) is 6.63. The van der Waals surface area contributed by atoms with E-state index < -0.39 is 0 Å². The molecule has 0 amide bonds. The minimum atomic E-state index is -0.0876. The van der Waals surface area contributed by atoms with Crippen molar-refractivity contribution in [3.05, 3.63) is 71.3 Å². The Kier molecular flexibility index (Phi) is 8.97. The van der Waals surface area contributed by atoms with Gasteiger partial charge in [0.1, 0.15) is 11.9 Å². The van der Waals surface area contributed by atoms with Crippen LogP contribution in [0.15, 0.2) is 59.6 Å². The summed E-state index contributed by atoms with van der Waals surface area (Å²) in [5.41, 5.74) is 5.43. The Morgan fingerprint density at radius 3 is 2.18 bits per heavy atom. The van der Waals surface area contributed by atoms with Crippen LogP contribution in [0.3, 0.4) is 0 Å². The van der Waals surface area contributed by atoms with Crippen molar-refractivity contribution in [3.63, 3.8) is 0 Å². The quantitative estimate of drug-likeness (QED) is 0.313. The molecule has 1 aliphatic carbocycles. The molecule has 1 aliphatic heterocycles. The minimum absolute atomic E-state index is 0.0876. The number of hydrogen-bond donors (Lipinski definition) is 0. The third kappa shape index (κ3) is 7.23. The van der Waals surface area contributed by atoms with Gasteiger partial charge >= 0.3 is 0 Å². The molecule has 0 aromatic heterocycles. The van der Waals surface area contributed by atoms with Crippen LogP contribution in [-0.4, -0.2) is 29.1 Å². The Morgan fingerprint density at radius 2 is 1.61 bits per heavy atom. The molecule has 2 aliphatic rings. The van der Waals surface area contributed by atoms with E-state index in [1.165, 1.54) is 29.7 Å². The average molecular weight is 515 g/mol. The fraction of sp³-hybridized carbons (Fsp3) is 0.600. The Bertz CT molecular complexity index is 1060. The van der Waals surface area contributed by atoms with E-state index in [2.05, 4.69) is 88.9 Å². The van der Waals surface area contributed by atoms with Crippen LogP contribution in [0.1, 0.15) is 120 Å². The second kappa shape index (κ2) is 11.9. The van der Waals surface area contributed by atoms with Gasteiger partial charge in [-0.15, -0.1) is 0 Å². The van der Waals surface area contributed by atoms with Crippen LogP contribution in [0, 0.1) is 16.7 Å². The molecule has 1 atom stereocenters. The van der Waals surface area contributed by atoms with E-state index in [1.807, 2.05) is 12.1 Å². The Labute approximate surface area is 232 Å². The van der Waals surface area contributed by atoms with Crippen LogP contribution in [0.5, 0.6) is 0 Å². The lowest BCUT2D eigenvalue weighted by atomic mass is 9.69. The second-order valence-electron chi connectivity index (χ2n) is 14.2. The summed E-state index contributed by atoms with van der Waals surface area (Å²) < 4.78 is 0. The number of aliphatic imine (C=N–C) groups is 1. The first-order valence-electron chi connectivity index (χ1n) is 14.9. The molecule has 1 saturated carbocycles. The van der Waals surface area contributed by atoms with E-state index in [0.717, 1.165) is 69.3 Å². The lowest BCUT2D eigenvalue weighted by Gasteiger charge is -2.48. The van der Waals surface area contributed by atoms with Crippen molar-refractivity contribution in [3.8, 4) is 0 Å². The maximum atomic E-state index is 11.4. The van der Waals surface area contributed by atoms with Crippen molar-refractivity contribution in [1.82, 2.24) is 4.90 Å². The third-order valence-corrected chi connectivity index (χ3v) is 9.04. The number of nitrogens with zero attached hydrogens (tertiary/aromatic N) is 2. The number of aldehydes is 1. The van der Waals surface area contributed by atoms with Crippen LogP contribution >= 0.6 is 0 Å². The van der Waals surface area contributed by atoms with E-state index in [0.29, 0.717) is 11.5 Å². The molecule has 0 N–H and O–H groups in total. The predicted molar refractivity (Wildman–Crippen MR) is 161 cm³/mol. The van der Waals surface area contributed by atoms with E-state index in [4.69, 9.17) is 4.99 Å². The van der Waals surface area contributed by atoms with Crippen molar-refractivity contribution >= 4 is 12.0 Å². The van der Waals surface area contributed by atoms with Gasteiger partial charge in [-0.25, -0.2) is 0 Å². The molecule has 2 aromatic rings. The van der Waals surface area contributed by atoms with E-state index in [1.54, 1.807) is 0 Å². The summed E-state index contributed by atoms with van der Waals surface area (Å²) in [6, 6.07) is 19.5. The number of aryl methyl sites for hydroxylation is 1. The number of carbonyl (C=O) groups is 1. The molecule has 38 heavy (non-hydrogen) atoms. The van der Waals surface area contributed by atoms with Gasteiger partial charge in [0.15, 0.2) is 0 Å². The van der Waals surface area contributed by atoms with Gasteiger partial charge in [0.05, 0.1) is 0 Å². The highest BCUT2D eigenvalue weighted by atomic mass is 16.1. The molecule has 0 radical (unpaired) electrons. The molecule has 1 spiro atoms. The van der Waals surface area contributed by atoms with E-state index in [-0.39, 0.29) is 11.1 Å². The molecule has 0 saturated heterocycles. The van der Waals surface area contributed by atoms with Gasteiger partial charge in [-0.2, -0.15) is 0 Å². The molecule has 1 fully saturated rings. The molecular weight excluding hydrogens is 464 g/mol. The monoisotopic (exact) mass is 514 g/mol. The van der Waals surface area contributed by atoms with Gasteiger partial charge in [-0.05, 0) is 85.7 Å². The third-order valence-electron chi connectivity index (χ3n) is 9.04. The topological polar surface area (TPSA) is 32.7 Å².